The summed E-state index contributed by atoms with van der Waals surface area (Å²) >= 11 is 0. The van der Waals surface area contributed by atoms with Crippen molar-refractivity contribution in [1.82, 2.24) is 4.90 Å². The normalized spacial score (nSPS) is 12.9. The first kappa shape index (κ1) is 12.1. The fourth-order valence-corrected chi connectivity index (χ4v) is 1.90. The molecule has 0 fully saturated rings. The molecule has 1 unspecified atom stereocenters. The van der Waals surface area contributed by atoms with Gasteiger partial charge >= 0.3 is 0 Å². The summed E-state index contributed by atoms with van der Waals surface area (Å²) in [6.07, 6.45) is 2.42. The fourth-order valence-electron chi connectivity index (χ4n) is 1.90. The van der Waals surface area contributed by atoms with Crippen molar-refractivity contribution in [1.29, 1.82) is 0 Å². The molecule has 0 saturated heterocycles. The number of rotatable bonds is 5. The highest BCUT2D eigenvalue weighted by Gasteiger charge is 2.12. The van der Waals surface area contributed by atoms with Crippen LogP contribution in [0.2, 0.25) is 0 Å². The molecule has 0 saturated carbocycles. The van der Waals surface area contributed by atoms with Crippen molar-refractivity contribution >= 4 is 5.69 Å². The van der Waals surface area contributed by atoms with E-state index >= 15 is 0 Å². The second-order valence-corrected chi connectivity index (χ2v) is 4.14. The van der Waals surface area contributed by atoms with Gasteiger partial charge in [-0.25, -0.2) is 0 Å². The Balaban J connectivity index is 2.89. The number of hydrogen-bond donors (Lipinski definition) is 1. The van der Waals surface area contributed by atoms with E-state index in [9.17, 15) is 0 Å². The molecule has 1 N–H and O–H groups in total. The maximum absolute atomic E-state index is 3.18. The fraction of sp³-hybridized carbons (Fsp3) is 0.538. The molecule has 0 radical (unpaired) electrons. The van der Waals surface area contributed by atoms with Gasteiger partial charge in [0.1, 0.15) is 0 Å². The summed E-state index contributed by atoms with van der Waals surface area (Å²) < 4.78 is 0. The zero-order chi connectivity index (χ0) is 11.3. The number of hydrogen-bond acceptors (Lipinski definition) is 2. The lowest BCUT2D eigenvalue weighted by molar-refractivity contribution is 0.282. The summed E-state index contributed by atoms with van der Waals surface area (Å²) in [4.78, 5) is 2.29. The van der Waals surface area contributed by atoms with Gasteiger partial charge in [0.2, 0.25) is 0 Å². The average Bonchev–Trinajstić information content (AvgIpc) is 2.25. The number of anilines is 1. The highest BCUT2D eigenvalue weighted by molar-refractivity contribution is 5.45. The Morgan fingerprint density at radius 2 is 2.07 bits per heavy atom. The first-order chi connectivity index (χ1) is 7.19. The summed E-state index contributed by atoms with van der Waals surface area (Å²) in [6, 6.07) is 9.19. The van der Waals surface area contributed by atoms with Crippen molar-refractivity contribution in [2.24, 2.45) is 0 Å². The third-order valence-electron chi connectivity index (χ3n) is 2.75. The molecular formula is C13H22N2. The molecule has 0 aromatic heterocycles. The summed E-state index contributed by atoms with van der Waals surface area (Å²) in [5, 5.41) is 3.18. The van der Waals surface area contributed by atoms with Crippen LogP contribution in [0.5, 0.6) is 0 Å². The minimum atomic E-state index is 0.531. The number of nitrogens with zero attached hydrogens (tertiary/aromatic N) is 1. The lowest BCUT2D eigenvalue weighted by Crippen LogP contribution is -2.19. The van der Waals surface area contributed by atoms with Gasteiger partial charge in [-0.15, -0.1) is 0 Å². The van der Waals surface area contributed by atoms with Gasteiger partial charge in [0, 0.05) is 18.8 Å². The molecule has 0 aliphatic rings. The molecule has 84 valence electrons. The third kappa shape index (κ3) is 3.24. The van der Waals surface area contributed by atoms with Crippen LogP contribution in [0.25, 0.3) is 0 Å². The second-order valence-electron chi connectivity index (χ2n) is 4.14. The highest BCUT2D eigenvalue weighted by Crippen LogP contribution is 2.25. The molecule has 0 spiro atoms. The highest BCUT2D eigenvalue weighted by atomic mass is 15.1. The van der Waals surface area contributed by atoms with Crippen LogP contribution in [-0.4, -0.2) is 26.0 Å². The van der Waals surface area contributed by atoms with E-state index in [1.165, 1.54) is 24.1 Å². The van der Waals surface area contributed by atoms with Crippen molar-refractivity contribution in [2.45, 2.75) is 25.8 Å². The molecule has 15 heavy (non-hydrogen) atoms. The van der Waals surface area contributed by atoms with Gasteiger partial charge in [-0.3, -0.25) is 0 Å². The van der Waals surface area contributed by atoms with Crippen LogP contribution < -0.4 is 5.32 Å². The number of benzene rings is 1. The molecule has 0 aliphatic heterocycles. The molecule has 2 heteroatoms. The van der Waals surface area contributed by atoms with Crippen LogP contribution in [0, 0.1) is 0 Å². The van der Waals surface area contributed by atoms with Crippen LogP contribution in [0.1, 0.15) is 31.4 Å². The molecule has 1 aromatic carbocycles. The summed E-state index contributed by atoms with van der Waals surface area (Å²) in [5.41, 5.74) is 2.59. The Labute approximate surface area is 93.3 Å². The zero-order valence-electron chi connectivity index (χ0n) is 10.2. The van der Waals surface area contributed by atoms with E-state index in [1.807, 2.05) is 7.05 Å². The lowest BCUT2D eigenvalue weighted by Gasteiger charge is -2.24. The van der Waals surface area contributed by atoms with Gasteiger partial charge in [-0.2, -0.15) is 0 Å². The van der Waals surface area contributed by atoms with Crippen molar-refractivity contribution in [2.75, 3.05) is 26.5 Å². The Hall–Kier alpha value is -1.02. The van der Waals surface area contributed by atoms with E-state index in [0.717, 1.165) is 0 Å². The van der Waals surface area contributed by atoms with Gasteiger partial charge in [0.15, 0.2) is 0 Å². The van der Waals surface area contributed by atoms with Crippen molar-refractivity contribution < 1.29 is 0 Å². The molecule has 0 amide bonds. The van der Waals surface area contributed by atoms with E-state index < -0.39 is 0 Å². The lowest BCUT2D eigenvalue weighted by atomic mass is 10.0. The quantitative estimate of drug-likeness (QED) is 0.796. The smallest absolute Gasteiger partial charge is 0.0342 e. The Morgan fingerprint density at radius 3 is 2.60 bits per heavy atom. The minimum Gasteiger partial charge on any atom is -0.388 e. The Kier molecular flexibility index (Phi) is 4.63. The van der Waals surface area contributed by atoms with Crippen molar-refractivity contribution in [3.63, 3.8) is 0 Å². The SMILES string of the molecule is CCCC(c1cccc(NC)c1)N(C)C. The second kappa shape index (κ2) is 5.76. The third-order valence-corrected chi connectivity index (χ3v) is 2.75. The van der Waals surface area contributed by atoms with Crippen LogP contribution in [0.4, 0.5) is 5.69 Å². The van der Waals surface area contributed by atoms with Crippen molar-refractivity contribution in [3.8, 4) is 0 Å². The molecule has 0 bridgehead atoms. The number of nitrogens with one attached hydrogen (secondary N) is 1. The summed E-state index contributed by atoms with van der Waals surface area (Å²) in [7, 11) is 6.25. The van der Waals surface area contributed by atoms with Crippen LogP contribution in [0.15, 0.2) is 24.3 Å². The summed E-state index contributed by atoms with van der Waals surface area (Å²) in [5.74, 6) is 0. The van der Waals surface area contributed by atoms with E-state index in [0.29, 0.717) is 6.04 Å². The molecule has 2 nitrogen and oxygen atoms in total. The molecular weight excluding hydrogens is 184 g/mol. The monoisotopic (exact) mass is 206 g/mol. The minimum absolute atomic E-state index is 0.531. The Bertz CT molecular complexity index is 294. The topological polar surface area (TPSA) is 15.3 Å². The molecule has 0 heterocycles. The maximum Gasteiger partial charge on any atom is 0.0342 e. The van der Waals surface area contributed by atoms with E-state index in [4.69, 9.17) is 0 Å². The standard InChI is InChI=1S/C13H22N2/c1-5-7-13(15(3)4)11-8-6-9-12(10-11)14-2/h6,8-10,13-14H,5,7H2,1-4H3. The van der Waals surface area contributed by atoms with Gasteiger partial charge in [0.05, 0.1) is 0 Å². The first-order valence-corrected chi connectivity index (χ1v) is 5.63. The van der Waals surface area contributed by atoms with E-state index in [1.54, 1.807) is 0 Å². The van der Waals surface area contributed by atoms with E-state index in [-0.39, 0.29) is 0 Å². The van der Waals surface area contributed by atoms with Crippen LogP contribution >= 0.6 is 0 Å². The summed E-state index contributed by atoms with van der Waals surface area (Å²) in [6.45, 7) is 2.23. The van der Waals surface area contributed by atoms with Gasteiger partial charge in [0.25, 0.3) is 0 Å². The van der Waals surface area contributed by atoms with Crippen LogP contribution in [0.3, 0.4) is 0 Å². The predicted octanol–water partition coefficient (Wildman–Crippen LogP) is 3.13. The maximum atomic E-state index is 3.18. The zero-order valence-corrected chi connectivity index (χ0v) is 10.2. The molecule has 1 rings (SSSR count). The van der Waals surface area contributed by atoms with Crippen molar-refractivity contribution in [3.05, 3.63) is 29.8 Å². The van der Waals surface area contributed by atoms with Gasteiger partial charge in [-0.1, -0.05) is 25.5 Å². The van der Waals surface area contributed by atoms with Gasteiger partial charge < -0.3 is 10.2 Å². The molecule has 1 aromatic rings. The predicted molar refractivity (Wildman–Crippen MR) is 67.3 cm³/mol. The largest absolute Gasteiger partial charge is 0.388 e. The molecule has 1 atom stereocenters. The van der Waals surface area contributed by atoms with Crippen LogP contribution in [-0.2, 0) is 0 Å². The Morgan fingerprint density at radius 1 is 1.33 bits per heavy atom. The average molecular weight is 206 g/mol. The molecule has 0 aliphatic carbocycles. The van der Waals surface area contributed by atoms with E-state index in [2.05, 4.69) is 55.5 Å². The first-order valence-electron chi connectivity index (χ1n) is 5.63. The van der Waals surface area contributed by atoms with Gasteiger partial charge in [-0.05, 0) is 38.2 Å².